The summed E-state index contributed by atoms with van der Waals surface area (Å²) in [7, 11) is -2.05. The molecular weight excluding hydrogens is 350 g/mol. The van der Waals surface area contributed by atoms with Gasteiger partial charge in [0.05, 0.1) is 10.6 Å². The molecule has 0 heterocycles. The summed E-state index contributed by atoms with van der Waals surface area (Å²) >= 11 is 9.06. The number of nitrogens with zero attached hydrogens (tertiary/aromatic N) is 1. The van der Waals surface area contributed by atoms with Gasteiger partial charge in [0.25, 0.3) is 10.0 Å². The van der Waals surface area contributed by atoms with Crippen molar-refractivity contribution in [2.75, 3.05) is 11.4 Å². The van der Waals surface area contributed by atoms with Crippen molar-refractivity contribution in [3.8, 4) is 0 Å². The first kappa shape index (κ1) is 14.4. The van der Waals surface area contributed by atoms with Gasteiger partial charge in [-0.05, 0) is 42.5 Å². The van der Waals surface area contributed by atoms with E-state index in [-0.39, 0.29) is 4.90 Å². The van der Waals surface area contributed by atoms with Crippen LogP contribution in [0.25, 0.3) is 0 Å². The molecule has 0 N–H and O–H groups in total. The van der Waals surface area contributed by atoms with Crippen LogP contribution in [0.3, 0.4) is 0 Å². The summed E-state index contributed by atoms with van der Waals surface area (Å²) in [6.45, 7) is 0. The lowest BCUT2D eigenvalue weighted by atomic mass is 10.3. The van der Waals surface area contributed by atoms with Crippen molar-refractivity contribution >= 4 is 43.2 Å². The second kappa shape index (κ2) is 5.53. The van der Waals surface area contributed by atoms with Crippen LogP contribution in [0.2, 0.25) is 5.02 Å². The molecule has 6 heteroatoms. The molecule has 3 nitrogen and oxygen atoms in total. The molecule has 19 heavy (non-hydrogen) atoms. The van der Waals surface area contributed by atoms with Crippen LogP contribution in [-0.4, -0.2) is 15.5 Å². The largest absolute Gasteiger partial charge is 0.269 e. The third-order valence-corrected chi connectivity index (χ3v) is 5.17. The van der Waals surface area contributed by atoms with Crippen LogP contribution in [0.15, 0.2) is 57.9 Å². The van der Waals surface area contributed by atoms with Gasteiger partial charge in [0.1, 0.15) is 0 Å². The molecule has 0 spiro atoms. The first-order chi connectivity index (χ1) is 8.91. The molecule has 2 aromatic rings. The normalized spacial score (nSPS) is 11.3. The smallest absolute Gasteiger partial charge is 0.264 e. The lowest BCUT2D eigenvalue weighted by Crippen LogP contribution is -2.26. The molecule has 0 aliphatic carbocycles. The quantitative estimate of drug-likeness (QED) is 0.832. The fourth-order valence-electron chi connectivity index (χ4n) is 1.58. The van der Waals surface area contributed by atoms with E-state index >= 15 is 0 Å². The van der Waals surface area contributed by atoms with E-state index in [0.717, 1.165) is 4.47 Å². The molecular formula is C13H11BrClNO2S. The lowest BCUT2D eigenvalue weighted by molar-refractivity contribution is 0.594. The molecule has 0 unspecified atom stereocenters. The van der Waals surface area contributed by atoms with E-state index in [2.05, 4.69) is 15.9 Å². The SMILES string of the molecule is CN(c1ccc(Cl)cc1)S(=O)(=O)c1cccc(Br)c1. The van der Waals surface area contributed by atoms with E-state index in [1.807, 2.05) is 0 Å². The third-order valence-electron chi connectivity index (χ3n) is 2.64. The van der Waals surface area contributed by atoms with Crippen LogP contribution in [-0.2, 0) is 10.0 Å². The van der Waals surface area contributed by atoms with Gasteiger partial charge in [-0.3, -0.25) is 4.31 Å². The second-order valence-electron chi connectivity index (χ2n) is 3.91. The van der Waals surface area contributed by atoms with Crippen molar-refractivity contribution in [1.29, 1.82) is 0 Å². The Morgan fingerprint density at radius 1 is 1.11 bits per heavy atom. The maximum absolute atomic E-state index is 12.4. The average Bonchev–Trinajstić information content (AvgIpc) is 2.39. The van der Waals surface area contributed by atoms with Gasteiger partial charge >= 0.3 is 0 Å². The topological polar surface area (TPSA) is 37.4 Å². The van der Waals surface area contributed by atoms with Crippen molar-refractivity contribution in [3.63, 3.8) is 0 Å². The van der Waals surface area contributed by atoms with Gasteiger partial charge in [-0.2, -0.15) is 0 Å². The van der Waals surface area contributed by atoms with Crippen LogP contribution in [0.4, 0.5) is 5.69 Å². The van der Waals surface area contributed by atoms with Crippen LogP contribution < -0.4 is 4.31 Å². The number of hydrogen-bond acceptors (Lipinski definition) is 2. The van der Waals surface area contributed by atoms with Gasteiger partial charge in [0, 0.05) is 16.5 Å². The molecule has 0 saturated heterocycles. The zero-order valence-electron chi connectivity index (χ0n) is 10.0. The van der Waals surface area contributed by atoms with E-state index in [0.29, 0.717) is 10.7 Å². The Labute approximate surface area is 126 Å². The van der Waals surface area contributed by atoms with Gasteiger partial charge in [0.15, 0.2) is 0 Å². The van der Waals surface area contributed by atoms with Gasteiger partial charge in [-0.1, -0.05) is 33.6 Å². The van der Waals surface area contributed by atoms with E-state index in [4.69, 9.17) is 11.6 Å². The Morgan fingerprint density at radius 2 is 1.74 bits per heavy atom. The van der Waals surface area contributed by atoms with Crippen LogP contribution >= 0.6 is 27.5 Å². The minimum absolute atomic E-state index is 0.235. The monoisotopic (exact) mass is 359 g/mol. The molecule has 0 amide bonds. The summed E-state index contributed by atoms with van der Waals surface area (Å²) in [5.74, 6) is 0. The Morgan fingerprint density at radius 3 is 2.32 bits per heavy atom. The molecule has 0 aromatic heterocycles. The molecule has 0 aliphatic heterocycles. The highest BCUT2D eigenvalue weighted by molar-refractivity contribution is 9.10. The highest BCUT2D eigenvalue weighted by atomic mass is 79.9. The highest BCUT2D eigenvalue weighted by Gasteiger charge is 2.21. The number of rotatable bonds is 3. The first-order valence-corrected chi connectivity index (χ1v) is 8.02. The molecule has 0 radical (unpaired) electrons. The summed E-state index contributed by atoms with van der Waals surface area (Å²) in [6, 6.07) is 13.2. The summed E-state index contributed by atoms with van der Waals surface area (Å²) in [4.78, 5) is 0.235. The second-order valence-corrected chi connectivity index (χ2v) is 7.23. The summed E-state index contributed by atoms with van der Waals surface area (Å²) in [5, 5.41) is 0.567. The Kier molecular flexibility index (Phi) is 4.18. The van der Waals surface area contributed by atoms with Crippen molar-refractivity contribution in [1.82, 2.24) is 0 Å². The lowest BCUT2D eigenvalue weighted by Gasteiger charge is -2.19. The summed E-state index contributed by atoms with van der Waals surface area (Å²) in [5.41, 5.74) is 0.560. The van der Waals surface area contributed by atoms with Gasteiger partial charge < -0.3 is 0 Å². The zero-order chi connectivity index (χ0) is 14.0. The summed E-state index contributed by atoms with van der Waals surface area (Å²) in [6.07, 6.45) is 0. The zero-order valence-corrected chi connectivity index (χ0v) is 13.2. The van der Waals surface area contributed by atoms with E-state index in [1.165, 1.54) is 11.4 Å². The number of anilines is 1. The minimum atomic E-state index is -3.57. The Hall–Kier alpha value is -1.04. The number of hydrogen-bond donors (Lipinski definition) is 0. The van der Waals surface area contributed by atoms with Crippen LogP contribution in [0.1, 0.15) is 0 Å². The van der Waals surface area contributed by atoms with E-state index < -0.39 is 10.0 Å². The molecule has 2 aromatic carbocycles. The van der Waals surface area contributed by atoms with Crippen molar-refractivity contribution < 1.29 is 8.42 Å². The van der Waals surface area contributed by atoms with Crippen molar-refractivity contribution in [3.05, 3.63) is 58.0 Å². The van der Waals surface area contributed by atoms with Gasteiger partial charge in [0.2, 0.25) is 0 Å². The molecule has 0 bridgehead atoms. The van der Waals surface area contributed by atoms with Gasteiger partial charge in [-0.25, -0.2) is 8.42 Å². The minimum Gasteiger partial charge on any atom is -0.269 e. The standard InChI is InChI=1S/C13H11BrClNO2S/c1-16(12-7-5-11(15)6-8-12)19(17,18)13-4-2-3-10(14)9-13/h2-9H,1H3. The predicted octanol–water partition coefficient (Wildman–Crippen LogP) is 3.93. The fraction of sp³-hybridized carbons (Fsp3) is 0.0769. The molecule has 0 saturated carbocycles. The molecule has 0 fully saturated rings. The van der Waals surface area contributed by atoms with E-state index in [9.17, 15) is 8.42 Å². The van der Waals surface area contributed by atoms with Crippen LogP contribution in [0, 0.1) is 0 Å². The van der Waals surface area contributed by atoms with E-state index in [1.54, 1.807) is 48.5 Å². The van der Waals surface area contributed by atoms with Crippen LogP contribution in [0.5, 0.6) is 0 Å². The van der Waals surface area contributed by atoms with Gasteiger partial charge in [-0.15, -0.1) is 0 Å². The number of halogens is 2. The maximum atomic E-state index is 12.4. The number of sulfonamides is 1. The number of benzene rings is 2. The maximum Gasteiger partial charge on any atom is 0.264 e. The average molecular weight is 361 g/mol. The molecule has 2 rings (SSSR count). The first-order valence-electron chi connectivity index (χ1n) is 5.41. The predicted molar refractivity (Wildman–Crippen MR) is 81.2 cm³/mol. The Bertz CT molecular complexity index is 686. The molecule has 0 atom stereocenters. The van der Waals surface area contributed by atoms with Crippen molar-refractivity contribution in [2.45, 2.75) is 4.90 Å². The third kappa shape index (κ3) is 3.11. The van der Waals surface area contributed by atoms with Crippen molar-refractivity contribution in [2.24, 2.45) is 0 Å². The highest BCUT2D eigenvalue weighted by Crippen LogP contribution is 2.25. The molecule has 0 aliphatic rings. The Balaban J connectivity index is 2.42. The summed E-state index contributed by atoms with van der Waals surface area (Å²) < 4.78 is 26.8. The molecule has 100 valence electrons. The fourth-order valence-corrected chi connectivity index (χ4v) is 3.49.